The number of rotatable bonds is 5. The van der Waals surface area contributed by atoms with E-state index in [4.69, 9.17) is 14.2 Å². The van der Waals surface area contributed by atoms with Crippen molar-refractivity contribution in [3.05, 3.63) is 53.1 Å². The molecule has 1 heterocycles. The highest BCUT2D eigenvalue weighted by atomic mass is 16.7. The molecule has 1 atom stereocenters. The molecule has 3 rings (SSSR count). The third-order valence-corrected chi connectivity index (χ3v) is 3.93. The summed E-state index contributed by atoms with van der Waals surface area (Å²) in [6, 6.07) is 9.96. The predicted molar refractivity (Wildman–Crippen MR) is 92.1 cm³/mol. The number of amides is 1. The first-order chi connectivity index (χ1) is 12.4. The van der Waals surface area contributed by atoms with E-state index < -0.39 is 18.0 Å². The van der Waals surface area contributed by atoms with E-state index in [2.05, 4.69) is 5.32 Å². The number of phenolic OH excluding ortho intramolecular Hbond substituents is 1. The van der Waals surface area contributed by atoms with Crippen molar-refractivity contribution in [1.82, 2.24) is 5.32 Å². The van der Waals surface area contributed by atoms with Crippen LogP contribution in [0.5, 0.6) is 17.2 Å². The standard InChI is InChI=1S/C19H19NO6/c1-11-3-5-15(21)14(7-11)19(23)26-12(2)18(22)20-9-13-4-6-16-17(8-13)25-10-24-16/h3-8,12,21H,9-10H2,1-2H3,(H,20,22)/t12-/m0/s1. The smallest absolute Gasteiger partial charge is 0.342 e. The van der Waals surface area contributed by atoms with Crippen LogP contribution in [-0.2, 0) is 16.1 Å². The molecule has 2 aromatic carbocycles. The molecule has 0 fully saturated rings. The van der Waals surface area contributed by atoms with Gasteiger partial charge < -0.3 is 24.6 Å². The Hall–Kier alpha value is -3.22. The highest BCUT2D eigenvalue weighted by molar-refractivity contribution is 5.94. The zero-order valence-corrected chi connectivity index (χ0v) is 14.4. The zero-order valence-electron chi connectivity index (χ0n) is 14.4. The van der Waals surface area contributed by atoms with E-state index in [-0.39, 0.29) is 24.7 Å². The molecule has 0 saturated carbocycles. The van der Waals surface area contributed by atoms with Gasteiger partial charge in [0.05, 0.1) is 0 Å². The second kappa shape index (κ2) is 7.35. The number of hydrogen-bond donors (Lipinski definition) is 2. The number of carbonyl (C=O) groups excluding carboxylic acids is 2. The first-order valence-electron chi connectivity index (χ1n) is 8.11. The number of nitrogens with one attached hydrogen (secondary N) is 1. The molecule has 0 radical (unpaired) electrons. The molecule has 26 heavy (non-hydrogen) atoms. The van der Waals surface area contributed by atoms with Crippen LogP contribution in [0, 0.1) is 6.92 Å². The van der Waals surface area contributed by atoms with Crippen molar-refractivity contribution in [3.8, 4) is 17.2 Å². The number of aryl methyl sites for hydroxylation is 1. The van der Waals surface area contributed by atoms with Crippen molar-refractivity contribution in [1.29, 1.82) is 0 Å². The molecule has 0 aromatic heterocycles. The van der Waals surface area contributed by atoms with Crippen molar-refractivity contribution < 1.29 is 28.9 Å². The Morgan fingerprint density at radius 2 is 1.96 bits per heavy atom. The van der Waals surface area contributed by atoms with Crippen molar-refractivity contribution in [2.24, 2.45) is 0 Å². The van der Waals surface area contributed by atoms with Crippen LogP contribution in [0.1, 0.15) is 28.4 Å². The van der Waals surface area contributed by atoms with E-state index in [1.165, 1.54) is 19.1 Å². The van der Waals surface area contributed by atoms with Crippen molar-refractivity contribution in [2.75, 3.05) is 6.79 Å². The minimum absolute atomic E-state index is 0.0282. The number of esters is 1. The largest absolute Gasteiger partial charge is 0.507 e. The molecule has 1 aliphatic heterocycles. The van der Waals surface area contributed by atoms with Crippen molar-refractivity contribution in [3.63, 3.8) is 0 Å². The number of phenols is 1. The second-order valence-corrected chi connectivity index (χ2v) is 5.97. The van der Waals surface area contributed by atoms with Gasteiger partial charge in [-0.05, 0) is 43.7 Å². The van der Waals surface area contributed by atoms with Gasteiger partial charge in [0.2, 0.25) is 6.79 Å². The van der Waals surface area contributed by atoms with Crippen molar-refractivity contribution >= 4 is 11.9 Å². The summed E-state index contributed by atoms with van der Waals surface area (Å²) in [6.45, 7) is 3.70. The molecule has 7 nitrogen and oxygen atoms in total. The van der Waals surface area contributed by atoms with Gasteiger partial charge in [-0.1, -0.05) is 17.7 Å². The molecule has 0 unspecified atom stereocenters. The van der Waals surface area contributed by atoms with E-state index in [0.29, 0.717) is 11.5 Å². The number of aromatic hydroxyl groups is 1. The Morgan fingerprint density at radius 3 is 2.77 bits per heavy atom. The number of hydrogen-bond acceptors (Lipinski definition) is 6. The summed E-state index contributed by atoms with van der Waals surface area (Å²) >= 11 is 0. The number of benzene rings is 2. The average Bonchev–Trinajstić information content (AvgIpc) is 3.09. The van der Waals surface area contributed by atoms with Gasteiger partial charge in [0.1, 0.15) is 11.3 Å². The zero-order chi connectivity index (χ0) is 18.7. The molecule has 0 spiro atoms. The summed E-state index contributed by atoms with van der Waals surface area (Å²) in [7, 11) is 0. The molecule has 0 aliphatic carbocycles. The maximum atomic E-state index is 12.2. The van der Waals surface area contributed by atoms with Gasteiger partial charge in [-0.3, -0.25) is 4.79 Å². The molecule has 1 amide bonds. The van der Waals surface area contributed by atoms with Crippen LogP contribution in [0.15, 0.2) is 36.4 Å². The Balaban J connectivity index is 1.56. The molecule has 0 saturated heterocycles. The van der Waals surface area contributed by atoms with Crippen molar-refractivity contribution in [2.45, 2.75) is 26.5 Å². The molecule has 2 aromatic rings. The molecule has 136 valence electrons. The van der Waals surface area contributed by atoms with Gasteiger partial charge in [0, 0.05) is 6.54 Å². The fourth-order valence-electron chi connectivity index (χ4n) is 2.47. The van der Waals surface area contributed by atoms with Crippen LogP contribution in [0.4, 0.5) is 0 Å². The summed E-state index contributed by atoms with van der Waals surface area (Å²) in [5, 5.41) is 12.5. The quantitative estimate of drug-likeness (QED) is 0.798. The summed E-state index contributed by atoms with van der Waals surface area (Å²) in [5.74, 6) is -0.0832. The summed E-state index contributed by atoms with van der Waals surface area (Å²) in [5.41, 5.74) is 1.66. The van der Waals surface area contributed by atoms with Crippen LogP contribution in [0.2, 0.25) is 0 Å². The molecule has 7 heteroatoms. The summed E-state index contributed by atoms with van der Waals surface area (Å²) in [6.07, 6.45) is -1.00. The topological polar surface area (TPSA) is 94.1 Å². The van der Waals surface area contributed by atoms with Crippen LogP contribution in [-0.4, -0.2) is 29.9 Å². The predicted octanol–water partition coefficient (Wildman–Crippen LogP) is 2.29. The minimum Gasteiger partial charge on any atom is -0.507 e. The SMILES string of the molecule is Cc1ccc(O)c(C(=O)O[C@@H](C)C(=O)NCc2ccc3c(c2)OCO3)c1. The number of fused-ring (bicyclic) bond motifs is 1. The maximum absolute atomic E-state index is 12.2. The Morgan fingerprint density at radius 1 is 1.19 bits per heavy atom. The normalized spacial score (nSPS) is 13.2. The van der Waals surface area contributed by atoms with Crippen LogP contribution in [0.3, 0.4) is 0 Å². The third-order valence-electron chi connectivity index (χ3n) is 3.93. The lowest BCUT2D eigenvalue weighted by molar-refractivity contribution is -0.129. The second-order valence-electron chi connectivity index (χ2n) is 5.97. The number of carbonyl (C=O) groups is 2. The Kier molecular flexibility index (Phi) is 4.97. The van der Waals surface area contributed by atoms with E-state index >= 15 is 0 Å². The van der Waals surface area contributed by atoms with E-state index in [1.54, 1.807) is 25.1 Å². The molecular formula is C19H19NO6. The fourth-order valence-corrected chi connectivity index (χ4v) is 2.47. The lowest BCUT2D eigenvalue weighted by atomic mass is 10.1. The molecule has 1 aliphatic rings. The molecule has 0 bridgehead atoms. The lowest BCUT2D eigenvalue weighted by Gasteiger charge is -2.14. The minimum atomic E-state index is -1.00. The average molecular weight is 357 g/mol. The first-order valence-corrected chi connectivity index (χ1v) is 8.11. The molecule has 2 N–H and O–H groups in total. The Labute approximate surface area is 150 Å². The van der Waals surface area contributed by atoms with E-state index in [1.807, 2.05) is 6.07 Å². The van der Waals surface area contributed by atoms with Crippen LogP contribution >= 0.6 is 0 Å². The third kappa shape index (κ3) is 3.88. The highest BCUT2D eigenvalue weighted by Crippen LogP contribution is 2.32. The van der Waals surface area contributed by atoms with Crippen LogP contribution in [0.25, 0.3) is 0 Å². The van der Waals surface area contributed by atoms with Gasteiger partial charge in [0.25, 0.3) is 5.91 Å². The van der Waals surface area contributed by atoms with Gasteiger partial charge in [-0.2, -0.15) is 0 Å². The summed E-state index contributed by atoms with van der Waals surface area (Å²) in [4.78, 5) is 24.3. The van der Waals surface area contributed by atoms with Crippen LogP contribution < -0.4 is 14.8 Å². The van der Waals surface area contributed by atoms with E-state index in [0.717, 1.165) is 11.1 Å². The van der Waals surface area contributed by atoms with Gasteiger partial charge in [0.15, 0.2) is 17.6 Å². The lowest BCUT2D eigenvalue weighted by Crippen LogP contribution is -2.35. The Bertz CT molecular complexity index is 848. The summed E-state index contributed by atoms with van der Waals surface area (Å²) < 4.78 is 15.7. The van der Waals surface area contributed by atoms with E-state index in [9.17, 15) is 14.7 Å². The van der Waals surface area contributed by atoms with Gasteiger partial charge >= 0.3 is 5.97 Å². The first kappa shape index (κ1) is 17.6. The van der Waals surface area contributed by atoms with Gasteiger partial charge in [-0.25, -0.2) is 4.79 Å². The van der Waals surface area contributed by atoms with Gasteiger partial charge in [-0.15, -0.1) is 0 Å². The fraction of sp³-hybridized carbons (Fsp3) is 0.263. The maximum Gasteiger partial charge on any atom is 0.342 e. The molecular weight excluding hydrogens is 338 g/mol. The monoisotopic (exact) mass is 357 g/mol. The highest BCUT2D eigenvalue weighted by Gasteiger charge is 2.21. The number of ether oxygens (including phenoxy) is 3.